The monoisotopic (exact) mass is 226 g/mol. The smallest absolute Gasteiger partial charge is 0.372 e. The van der Waals surface area contributed by atoms with E-state index >= 15 is 0 Å². The molecule has 15 heavy (non-hydrogen) atoms. The zero-order valence-corrected chi connectivity index (χ0v) is 9.90. The van der Waals surface area contributed by atoms with Crippen LogP contribution in [0.1, 0.15) is 34.1 Å². The summed E-state index contributed by atoms with van der Waals surface area (Å²) in [5.74, 6) is 1.40. The van der Waals surface area contributed by atoms with Crippen LogP contribution in [-0.2, 0) is 4.74 Å². The Morgan fingerprint density at radius 3 is 1.80 bits per heavy atom. The second kappa shape index (κ2) is 6.36. The lowest BCUT2D eigenvalue weighted by molar-refractivity contribution is -0.174. The molecule has 0 spiro atoms. The first-order valence-corrected chi connectivity index (χ1v) is 5.38. The van der Waals surface area contributed by atoms with Crippen molar-refractivity contribution in [3.63, 3.8) is 0 Å². The average molecular weight is 226 g/mol. The quantitative estimate of drug-likeness (QED) is 0.624. The van der Waals surface area contributed by atoms with Crippen LogP contribution in [0.3, 0.4) is 0 Å². The van der Waals surface area contributed by atoms with E-state index in [2.05, 4.69) is 32.4 Å². The van der Waals surface area contributed by atoms with Gasteiger partial charge in [-0.2, -0.15) is 13.2 Å². The van der Waals surface area contributed by atoms with Crippen molar-refractivity contribution >= 4 is 0 Å². The first-order valence-electron chi connectivity index (χ1n) is 5.38. The van der Waals surface area contributed by atoms with Gasteiger partial charge in [0.25, 0.3) is 0 Å². The van der Waals surface area contributed by atoms with E-state index in [1.807, 2.05) is 0 Å². The molecule has 0 heterocycles. The number of rotatable bonds is 6. The van der Waals surface area contributed by atoms with Crippen molar-refractivity contribution in [1.29, 1.82) is 0 Å². The van der Waals surface area contributed by atoms with E-state index in [1.165, 1.54) is 0 Å². The highest BCUT2D eigenvalue weighted by Crippen LogP contribution is 2.24. The first-order chi connectivity index (χ1) is 6.74. The standard InChI is InChI=1S/C11H21F3O/c1-8(2)10(9(3)4)5-6-15-7-11(12,13)14/h8-10H,5-7H2,1-4H3. The van der Waals surface area contributed by atoms with Gasteiger partial charge < -0.3 is 4.74 Å². The van der Waals surface area contributed by atoms with Gasteiger partial charge in [-0.15, -0.1) is 0 Å². The predicted molar refractivity (Wildman–Crippen MR) is 54.7 cm³/mol. The summed E-state index contributed by atoms with van der Waals surface area (Å²) in [5.41, 5.74) is 0. The Hall–Kier alpha value is -0.250. The van der Waals surface area contributed by atoms with E-state index in [-0.39, 0.29) is 6.61 Å². The van der Waals surface area contributed by atoms with E-state index in [0.29, 0.717) is 24.2 Å². The van der Waals surface area contributed by atoms with E-state index in [4.69, 9.17) is 0 Å². The van der Waals surface area contributed by atoms with Crippen LogP contribution in [0, 0.1) is 17.8 Å². The molecule has 0 atom stereocenters. The van der Waals surface area contributed by atoms with Gasteiger partial charge in [0.05, 0.1) is 0 Å². The number of halogens is 3. The van der Waals surface area contributed by atoms with Crippen molar-refractivity contribution in [2.24, 2.45) is 17.8 Å². The van der Waals surface area contributed by atoms with E-state index in [1.54, 1.807) is 0 Å². The van der Waals surface area contributed by atoms with Gasteiger partial charge in [0.1, 0.15) is 6.61 Å². The molecule has 0 rings (SSSR count). The van der Waals surface area contributed by atoms with Crippen molar-refractivity contribution in [2.75, 3.05) is 13.2 Å². The molecular formula is C11H21F3O. The Labute approximate surface area is 90.0 Å². The maximum atomic E-state index is 11.8. The van der Waals surface area contributed by atoms with Gasteiger partial charge in [0.2, 0.25) is 0 Å². The first kappa shape index (κ1) is 14.8. The molecule has 0 aliphatic rings. The van der Waals surface area contributed by atoms with Crippen molar-refractivity contribution in [2.45, 2.75) is 40.3 Å². The minimum atomic E-state index is -4.20. The minimum absolute atomic E-state index is 0.195. The summed E-state index contributed by atoms with van der Waals surface area (Å²) < 4.78 is 39.9. The largest absolute Gasteiger partial charge is 0.411 e. The fourth-order valence-corrected chi connectivity index (χ4v) is 1.84. The van der Waals surface area contributed by atoms with Crippen LogP contribution in [0.4, 0.5) is 13.2 Å². The number of alkyl halides is 3. The summed E-state index contributed by atoms with van der Waals surface area (Å²) >= 11 is 0. The molecule has 0 N–H and O–H groups in total. The molecule has 0 aromatic carbocycles. The Bertz CT molecular complexity index is 156. The second-order valence-corrected chi connectivity index (χ2v) is 4.61. The summed E-state index contributed by atoms with van der Waals surface area (Å²) in [4.78, 5) is 0. The Morgan fingerprint density at radius 2 is 1.47 bits per heavy atom. The lowest BCUT2D eigenvalue weighted by Gasteiger charge is -2.24. The van der Waals surface area contributed by atoms with E-state index in [0.717, 1.165) is 0 Å². The lowest BCUT2D eigenvalue weighted by atomic mass is 9.83. The third-order valence-corrected chi connectivity index (χ3v) is 2.57. The van der Waals surface area contributed by atoms with E-state index < -0.39 is 12.8 Å². The van der Waals surface area contributed by atoms with Crippen LogP contribution < -0.4 is 0 Å². The molecule has 0 fully saturated rings. The predicted octanol–water partition coefficient (Wildman–Crippen LogP) is 3.88. The molecule has 0 radical (unpaired) electrons. The van der Waals surface area contributed by atoms with Gasteiger partial charge in [-0.25, -0.2) is 0 Å². The number of hydrogen-bond donors (Lipinski definition) is 0. The number of ether oxygens (including phenoxy) is 1. The molecule has 92 valence electrons. The highest BCUT2D eigenvalue weighted by Gasteiger charge is 2.27. The molecule has 0 aromatic heterocycles. The molecule has 0 aliphatic carbocycles. The van der Waals surface area contributed by atoms with Crippen LogP contribution in [0.25, 0.3) is 0 Å². The normalized spacial score (nSPS) is 13.2. The van der Waals surface area contributed by atoms with Crippen LogP contribution in [0.5, 0.6) is 0 Å². The van der Waals surface area contributed by atoms with Gasteiger partial charge in [0.15, 0.2) is 0 Å². The average Bonchev–Trinajstić information content (AvgIpc) is 2.00. The topological polar surface area (TPSA) is 9.23 Å². The van der Waals surface area contributed by atoms with E-state index in [9.17, 15) is 13.2 Å². The molecule has 0 bridgehead atoms. The molecule has 0 aromatic rings. The summed E-state index contributed by atoms with van der Waals surface area (Å²) in [5, 5.41) is 0. The van der Waals surface area contributed by atoms with Gasteiger partial charge in [0, 0.05) is 6.61 Å². The third-order valence-electron chi connectivity index (χ3n) is 2.57. The molecule has 0 aliphatic heterocycles. The summed E-state index contributed by atoms with van der Waals surface area (Å²) in [6, 6.07) is 0. The maximum absolute atomic E-state index is 11.8. The highest BCUT2D eigenvalue weighted by atomic mass is 19.4. The summed E-state index contributed by atoms with van der Waals surface area (Å²) in [7, 11) is 0. The summed E-state index contributed by atoms with van der Waals surface area (Å²) in [6.45, 7) is 7.43. The van der Waals surface area contributed by atoms with Crippen molar-refractivity contribution < 1.29 is 17.9 Å². The molecule has 0 unspecified atom stereocenters. The molecule has 4 heteroatoms. The number of hydrogen-bond acceptors (Lipinski definition) is 1. The Morgan fingerprint density at radius 1 is 1.00 bits per heavy atom. The van der Waals surface area contributed by atoms with Crippen molar-refractivity contribution in [3.05, 3.63) is 0 Å². The molecule has 0 saturated heterocycles. The zero-order chi connectivity index (χ0) is 12.1. The zero-order valence-electron chi connectivity index (χ0n) is 9.90. The Balaban J connectivity index is 3.73. The fraction of sp³-hybridized carbons (Fsp3) is 1.00. The lowest BCUT2D eigenvalue weighted by Crippen LogP contribution is -2.21. The molecule has 0 saturated carbocycles. The highest BCUT2D eigenvalue weighted by molar-refractivity contribution is 4.66. The minimum Gasteiger partial charge on any atom is -0.372 e. The second-order valence-electron chi connectivity index (χ2n) is 4.61. The van der Waals surface area contributed by atoms with Gasteiger partial charge in [-0.3, -0.25) is 0 Å². The van der Waals surface area contributed by atoms with Crippen LogP contribution >= 0.6 is 0 Å². The van der Waals surface area contributed by atoms with Crippen LogP contribution in [-0.4, -0.2) is 19.4 Å². The fourth-order valence-electron chi connectivity index (χ4n) is 1.84. The van der Waals surface area contributed by atoms with Crippen molar-refractivity contribution in [3.8, 4) is 0 Å². The maximum Gasteiger partial charge on any atom is 0.411 e. The molecule has 1 nitrogen and oxygen atoms in total. The SMILES string of the molecule is CC(C)C(CCOCC(F)(F)F)C(C)C. The summed E-state index contributed by atoms with van der Waals surface area (Å²) in [6.07, 6.45) is -3.50. The van der Waals surface area contributed by atoms with Crippen LogP contribution in [0.15, 0.2) is 0 Å². The van der Waals surface area contributed by atoms with Gasteiger partial charge >= 0.3 is 6.18 Å². The molecular weight excluding hydrogens is 205 g/mol. The van der Waals surface area contributed by atoms with Crippen molar-refractivity contribution in [1.82, 2.24) is 0 Å². The van der Waals surface area contributed by atoms with Gasteiger partial charge in [-0.05, 0) is 24.2 Å². The molecule has 0 amide bonds. The Kier molecular flexibility index (Phi) is 6.25. The van der Waals surface area contributed by atoms with Gasteiger partial charge in [-0.1, -0.05) is 27.7 Å². The third kappa shape index (κ3) is 7.65. The van der Waals surface area contributed by atoms with Crippen LogP contribution in [0.2, 0.25) is 0 Å².